The summed E-state index contributed by atoms with van der Waals surface area (Å²) in [5.74, 6) is 1.05. The minimum absolute atomic E-state index is 0.0853. The average molecular weight is 253 g/mol. The molecule has 1 aromatic rings. The molecule has 0 unspecified atom stereocenters. The van der Waals surface area contributed by atoms with Crippen LogP contribution in [0.5, 0.6) is 0 Å². The van der Waals surface area contributed by atoms with Crippen molar-refractivity contribution in [1.29, 1.82) is 0 Å². The first-order valence-electron chi connectivity index (χ1n) is 5.35. The van der Waals surface area contributed by atoms with Gasteiger partial charge in [-0.2, -0.15) is 0 Å². The quantitative estimate of drug-likeness (QED) is 0.593. The maximum absolute atomic E-state index is 11.8. The molecule has 0 spiro atoms. The van der Waals surface area contributed by atoms with Crippen molar-refractivity contribution in [2.45, 2.75) is 24.0 Å². The zero-order valence-electron chi connectivity index (χ0n) is 9.59. The van der Waals surface area contributed by atoms with E-state index in [1.807, 2.05) is 7.05 Å². The van der Waals surface area contributed by atoms with Gasteiger partial charge in [0, 0.05) is 19.2 Å². The number of aromatic nitrogens is 2. The lowest BCUT2D eigenvalue weighted by Crippen LogP contribution is -2.30. The molecular weight excluding hydrogens is 238 g/mol. The van der Waals surface area contributed by atoms with Crippen molar-refractivity contribution in [1.82, 2.24) is 14.9 Å². The van der Waals surface area contributed by atoms with Crippen molar-refractivity contribution in [3.05, 3.63) is 6.07 Å². The third-order valence-electron chi connectivity index (χ3n) is 2.56. The Labute approximate surface area is 104 Å². The minimum atomic E-state index is 0.0853. The van der Waals surface area contributed by atoms with Gasteiger partial charge in [0.05, 0.1) is 5.75 Å². The maximum atomic E-state index is 11.8. The first kappa shape index (κ1) is 12.0. The summed E-state index contributed by atoms with van der Waals surface area (Å²) in [4.78, 5) is 21.5. The van der Waals surface area contributed by atoms with Gasteiger partial charge in [0.15, 0.2) is 5.16 Å². The van der Waals surface area contributed by atoms with E-state index in [4.69, 9.17) is 11.5 Å². The van der Waals surface area contributed by atoms with Crippen LogP contribution in [0.4, 0.5) is 11.6 Å². The molecule has 2 rings (SSSR count). The van der Waals surface area contributed by atoms with E-state index in [-0.39, 0.29) is 5.91 Å². The summed E-state index contributed by atoms with van der Waals surface area (Å²) >= 11 is 1.26. The molecule has 0 radical (unpaired) electrons. The molecule has 7 heteroatoms. The molecule has 6 nitrogen and oxygen atoms in total. The first-order valence-corrected chi connectivity index (χ1v) is 6.33. The Kier molecular flexibility index (Phi) is 3.37. The van der Waals surface area contributed by atoms with E-state index in [2.05, 4.69) is 9.97 Å². The van der Waals surface area contributed by atoms with Gasteiger partial charge < -0.3 is 16.4 Å². The molecule has 92 valence electrons. The Hall–Kier alpha value is -1.50. The fourth-order valence-corrected chi connectivity index (χ4v) is 2.22. The fourth-order valence-electron chi connectivity index (χ4n) is 1.42. The number of hydrogen-bond donors (Lipinski definition) is 2. The van der Waals surface area contributed by atoms with Crippen molar-refractivity contribution in [3.8, 4) is 0 Å². The molecule has 1 aromatic heterocycles. The van der Waals surface area contributed by atoms with Crippen LogP contribution in [0, 0.1) is 0 Å². The standard InChI is InChI=1S/C10H15N5OS/c1-15(6-2-3-6)9(16)5-17-10-13-7(11)4-8(12)14-10/h4,6H,2-3,5H2,1H3,(H4,11,12,13,14). The predicted octanol–water partition coefficient (Wildman–Crippen LogP) is 0.354. The zero-order valence-corrected chi connectivity index (χ0v) is 10.4. The molecule has 1 fully saturated rings. The van der Waals surface area contributed by atoms with Crippen molar-refractivity contribution in [2.24, 2.45) is 0 Å². The second-order valence-corrected chi connectivity index (χ2v) is 4.97. The zero-order chi connectivity index (χ0) is 12.4. The van der Waals surface area contributed by atoms with E-state index in [1.54, 1.807) is 4.90 Å². The lowest BCUT2D eigenvalue weighted by molar-refractivity contribution is -0.127. The summed E-state index contributed by atoms with van der Waals surface area (Å²) in [5, 5.41) is 0.444. The number of nitrogens with two attached hydrogens (primary N) is 2. The van der Waals surface area contributed by atoms with E-state index in [9.17, 15) is 4.79 Å². The van der Waals surface area contributed by atoms with Crippen LogP contribution in [0.2, 0.25) is 0 Å². The SMILES string of the molecule is CN(C(=O)CSc1nc(N)cc(N)n1)C1CC1. The third kappa shape index (κ3) is 3.23. The van der Waals surface area contributed by atoms with Gasteiger partial charge in [0.25, 0.3) is 0 Å². The highest BCUT2D eigenvalue weighted by Gasteiger charge is 2.29. The molecule has 1 saturated carbocycles. The molecule has 0 atom stereocenters. The van der Waals surface area contributed by atoms with Crippen LogP contribution in [-0.2, 0) is 4.79 Å². The van der Waals surface area contributed by atoms with E-state index in [0.29, 0.717) is 28.6 Å². The number of amides is 1. The molecule has 0 bridgehead atoms. The minimum Gasteiger partial charge on any atom is -0.383 e. The molecule has 17 heavy (non-hydrogen) atoms. The van der Waals surface area contributed by atoms with Gasteiger partial charge in [-0.15, -0.1) is 0 Å². The Morgan fingerprint density at radius 2 is 2.06 bits per heavy atom. The summed E-state index contributed by atoms with van der Waals surface area (Å²) in [6, 6.07) is 1.91. The molecule has 0 saturated heterocycles. The molecule has 1 amide bonds. The van der Waals surface area contributed by atoms with Crippen LogP contribution in [-0.4, -0.2) is 39.6 Å². The van der Waals surface area contributed by atoms with Crippen LogP contribution in [0.3, 0.4) is 0 Å². The summed E-state index contributed by atoms with van der Waals surface area (Å²) in [6.07, 6.45) is 2.21. The topological polar surface area (TPSA) is 98.1 Å². The van der Waals surface area contributed by atoms with Gasteiger partial charge in [-0.05, 0) is 12.8 Å². The summed E-state index contributed by atoms with van der Waals surface area (Å²) < 4.78 is 0. The van der Waals surface area contributed by atoms with E-state index in [0.717, 1.165) is 12.8 Å². The number of nitrogens with zero attached hydrogens (tertiary/aromatic N) is 3. The summed E-state index contributed by atoms with van der Waals surface area (Å²) in [5.41, 5.74) is 11.1. The molecule has 1 heterocycles. The Balaban J connectivity index is 1.90. The van der Waals surface area contributed by atoms with Crippen LogP contribution in [0.25, 0.3) is 0 Å². The smallest absolute Gasteiger partial charge is 0.233 e. The van der Waals surface area contributed by atoms with Gasteiger partial charge in [-0.25, -0.2) is 9.97 Å². The highest BCUT2D eigenvalue weighted by atomic mass is 32.2. The summed E-state index contributed by atoms with van der Waals surface area (Å²) in [6.45, 7) is 0. The molecule has 0 aliphatic heterocycles. The van der Waals surface area contributed by atoms with Gasteiger partial charge >= 0.3 is 0 Å². The second-order valence-electron chi connectivity index (χ2n) is 4.02. The largest absolute Gasteiger partial charge is 0.383 e. The molecule has 4 N–H and O–H groups in total. The lowest BCUT2D eigenvalue weighted by atomic mass is 10.5. The Morgan fingerprint density at radius 1 is 1.47 bits per heavy atom. The van der Waals surface area contributed by atoms with Crippen molar-refractivity contribution < 1.29 is 4.79 Å². The van der Waals surface area contributed by atoms with Crippen molar-refractivity contribution in [2.75, 3.05) is 24.3 Å². The number of anilines is 2. The number of carbonyl (C=O) groups is 1. The molecule has 1 aliphatic rings. The third-order valence-corrected chi connectivity index (χ3v) is 3.39. The normalized spacial score (nSPS) is 14.6. The number of carbonyl (C=O) groups excluding carboxylic acids is 1. The van der Waals surface area contributed by atoms with E-state index in [1.165, 1.54) is 17.8 Å². The van der Waals surface area contributed by atoms with Gasteiger partial charge in [-0.1, -0.05) is 11.8 Å². The lowest BCUT2D eigenvalue weighted by Gasteiger charge is -2.15. The Bertz CT molecular complexity index is 414. The highest BCUT2D eigenvalue weighted by molar-refractivity contribution is 7.99. The molecule has 1 aliphatic carbocycles. The predicted molar refractivity (Wildman–Crippen MR) is 67.4 cm³/mol. The van der Waals surface area contributed by atoms with E-state index >= 15 is 0 Å². The fraction of sp³-hybridized carbons (Fsp3) is 0.500. The van der Waals surface area contributed by atoms with Crippen LogP contribution in [0.1, 0.15) is 12.8 Å². The summed E-state index contributed by atoms with van der Waals surface area (Å²) in [7, 11) is 1.83. The molecular formula is C10H15N5OS. The van der Waals surface area contributed by atoms with Gasteiger partial charge in [-0.3, -0.25) is 4.79 Å². The Morgan fingerprint density at radius 3 is 2.59 bits per heavy atom. The monoisotopic (exact) mass is 253 g/mol. The van der Waals surface area contributed by atoms with Gasteiger partial charge in [0.2, 0.25) is 5.91 Å². The number of hydrogen-bond acceptors (Lipinski definition) is 6. The van der Waals surface area contributed by atoms with Crippen LogP contribution < -0.4 is 11.5 Å². The van der Waals surface area contributed by atoms with Crippen molar-refractivity contribution >= 4 is 29.3 Å². The molecule has 0 aromatic carbocycles. The number of rotatable bonds is 4. The highest BCUT2D eigenvalue weighted by Crippen LogP contribution is 2.26. The number of thioether (sulfide) groups is 1. The maximum Gasteiger partial charge on any atom is 0.233 e. The second kappa shape index (κ2) is 4.79. The van der Waals surface area contributed by atoms with E-state index < -0.39 is 0 Å². The first-order chi connectivity index (χ1) is 8.06. The average Bonchev–Trinajstić information content (AvgIpc) is 3.07. The van der Waals surface area contributed by atoms with Crippen molar-refractivity contribution in [3.63, 3.8) is 0 Å². The van der Waals surface area contributed by atoms with Crippen LogP contribution in [0.15, 0.2) is 11.2 Å². The van der Waals surface area contributed by atoms with Gasteiger partial charge in [0.1, 0.15) is 11.6 Å². The number of nitrogen functional groups attached to an aromatic ring is 2. The van der Waals surface area contributed by atoms with Crippen LogP contribution >= 0.6 is 11.8 Å².